The van der Waals surface area contributed by atoms with Gasteiger partial charge in [-0.1, -0.05) is 66.7 Å². The number of aliphatic hydroxyl groups is 1. The standard InChI is InChI=1S/C24H18FNO3/c1-15-9-5-8-14-19(15)26-21(17-12-6-7-13-18(17)25)20(23(28)24(26)29)22(27)16-10-3-2-4-11-16/h2-14,21,27H,1H3/t21-/m1/s1. The van der Waals surface area contributed by atoms with Crippen molar-refractivity contribution in [1.82, 2.24) is 0 Å². The lowest BCUT2D eigenvalue weighted by molar-refractivity contribution is -0.132. The molecule has 1 amide bonds. The van der Waals surface area contributed by atoms with Crippen LogP contribution in [0.1, 0.15) is 22.7 Å². The summed E-state index contributed by atoms with van der Waals surface area (Å²) in [5.74, 6) is -2.53. The van der Waals surface area contributed by atoms with Gasteiger partial charge in [-0.15, -0.1) is 0 Å². The molecule has 1 N–H and O–H groups in total. The Morgan fingerprint density at radius 3 is 2.21 bits per heavy atom. The summed E-state index contributed by atoms with van der Waals surface area (Å²) >= 11 is 0. The van der Waals surface area contributed by atoms with Crippen molar-refractivity contribution in [3.8, 4) is 0 Å². The molecule has 144 valence electrons. The molecule has 0 unspecified atom stereocenters. The van der Waals surface area contributed by atoms with E-state index in [1.165, 1.54) is 23.1 Å². The highest BCUT2D eigenvalue weighted by Crippen LogP contribution is 2.43. The van der Waals surface area contributed by atoms with Gasteiger partial charge in [0.25, 0.3) is 11.7 Å². The van der Waals surface area contributed by atoms with Gasteiger partial charge in [0.05, 0.1) is 11.6 Å². The van der Waals surface area contributed by atoms with Gasteiger partial charge < -0.3 is 5.11 Å². The Bertz CT molecular complexity index is 1140. The van der Waals surface area contributed by atoms with Crippen LogP contribution in [0.2, 0.25) is 0 Å². The van der Waals surface area contributed by atoms with Crippen molar-refractivity contribution in [2.45, 2.75) is 13.0 Å². The lowest BCUT2D eigenvalue weighted by Gasteiger charge is -2.27. The first-order valence-corrected chi connectivity index (χ1v) is 9.17. The molecule has 5 heteroatoms. The molecule has 1 fully saturated rings. The molecule has 1 atom stereocenters. The highest BCUT2D eigenvalue weighted by molar-refractivity contribution is 6.51. The van der Waals surface area contributed by atoms with Crippen LogP contribution in [-0.4, -0.2) is 16.8 Å². The molecule has 3 aromatic rings. The molecule has 29 heavy (non-hydrogen) atoms. The number of aliphatic hydroxyl groups excluding tert-OH is 1. The van der Waals surface area contributed by atoms with Gasteiger partial charge in [-0.25, -0.2) is 4.39 Å². The highest BCUT2D eigenvalue weighted by Gasteiger charge is 2.48. The Morgan fingerprint density at radius 2 is 1.52 bits per heavy atom. The number of hydrogen-bond acceptors (Lipinski definition) is 3. The van der Waals surface area contributed by atoms with Crippen molar-refractivity contribution < 1.29 is 19.1 Å². The number of ketones is 1. The zero-order valence-electron chi connectivity index (χ0n) is 15.7. The summed E-state index contributed by atoms with van der Waals surface area (Å²) in [5.41, 5.74) is 1.66. The molecule has 4 rings (SSSR count). The van der Waals surface area contributed by atoms with Crippen LogP contribution in [-0.2, 0) is 9.59 Å². The summed E-state index contributed by atoms with van der Waals surface area (Å²) in [6.45, 7) is 1.81. The quantitative estimate of drug-likeness (QED) is 0.400. The maximum Gasteiger partial charge on any atom is 0.300 e. The van der Waals surface area contributed by atoms with E-state index in [1.54, 1.807) is 48.5 Å². The van der Waals surface area contributed by atoms with Gasteiger partial charge in [0, 0.05) is 16.8 Å². The molecule has 4 nitrogen and oxygen atoms in total. The second-order valence-corrected chi connectivity index (χ2v) is 6.84. The van der Waals surface area contributed by atoms with Gasteiger partial charge in [0.15, 0.2) is 0 Å². The Hall–Kier alpha value is -3.73. The smallest absolute Gasteiger partial charge is 0.300 e. The van der Waals surface area contributed by atoms with Crippen LogP contribution in [0, 0.1) is 12.7 Å². The molecule has 0 spiro atoms. The normalized spacial score (nSPS) is 18.3. The number of amides is 1. The van der Waals surface area contributed by atoms with Crippen LogP contribution in [0.15, 0.2) is 84.4 Å². The fraction of sp³-hybridized carbons (Fsp3) is 0.0833. The van der Waals surface area contributed by atoms with Crippen molar-refractivity contribution in [2.24, 2.45) is 0 Å². The summed E-state index contributed by atoms with van der Waals surface area (Å²) in [6, 6.07) is 20.4. The lowest BCUT2D eigenvalue weighted by Crippen LogP contribution is -2.30. The molecule has 1 aliphatic rings. The molecule has 0 saturated carbocycles. The lowest BCUT2D eigenvalue weighted by atomic mass is 9.94. The number of Topliss-reactive ketones (excluding diaryl/α,β-unsaturated/α-hetero) is 1. The predicted molar refractivity (Wildman–Crippen MR) is 109 cm³/mol. The van der Waals surface area contributed by atoms with Crippen LogP contribution in [0.4, 0.5) is 10.1 Å². The van der Waals surface area contributed by atoms with Crippen LogP contribution >= 0.6 is 0 Å². The maximum absolute atomic E-state index is 14.8. The van der Waals surface area contributed by atoms with E-state index >= 15 is 0 Å². The van der Waals surface area contributed by atoms with E-state index in [0.717, 1.165) is 5.56 Å². The van der Waals surface area contributed by atoms with E-state index in [9.17, 15) is 19.1 Å². The van der Waals surface area contributed by atoms with E-state index in [-0.39, 0.29) is 16.9 Å². The Balaban J connectivity index is 2.01. The summed E-state index contributed by atoms with van der Waals surface area (Å²) < 4.78 is 14.8. The number of hydrogen-bond donors (Lipinski definition) is 1. The molecule has 1 saturated heterocycles. The minimum absolute atomic E-state index is 0.130. The number of benzene rings is 3. The largest absolute Gasteiger partial charge is 0.507 e. The van der Waals surface area contributed by atoms with Crippen molar-refractivity contribution >= 4 is 23.1 Å². The maximum atomic E-state index is 14.8. The van der Waals surface area contributed by atoms with Gasteiger partial charge in [0.1, 0.15) is 11.6 Å². The van der Waals surface area contributed by atoms with Gasteiger partial charge in [-0.2, -0.15) is 0 Å². The van der Waals surface area contributed by atoms with E-state index < -0.39 is 23.5 Å². The van der Waals surface area contributed by atoms with Gasteiger partial charge in [-0.3, -0.25) is 14.5 Å². The van der Waals surface area contributed by atoms with Crippen molar-refractivity contribution in [1.29, 1.82) is 0 Å². The van der Waals surface area contributed by atoms with Gasteiger partial charge >= 0.3 is 0 Å². The fourth-order valence-corrected chi connectivity index (χ4v) is 3.66. The second-order valence-electron chi connectivity index (χ2n) is 6.84. The number of anilines is 1. The van der Waals surface area contributed by atoms with E-state index in [2.05, 4.69) is 0 Å². The average Bonchev–Trinajstić information content (AvgIpc) is 2.99. The molecule has 3 aromatic carbocycles. The Kier molecular flexibility index (Phi) is 4.72. The minimum atomic E-state index is -1.07. The zero-order valence-corrected chi connectivity index (χ0v) is 15.7. The molecule has 0 aromatic heterocycles. The summed E-state index contributed by atoms with van der Waals surface area (Å²) in [4.78, 5) is 27.3. The summed E-state index contributed by atoms with van der Waals surface area (Å²) in [5, 5.41) is 10.9. The van der Waals surface area contributed by atoms with Crippen molar-refractivity contribution in [2.75, 3.05) is 4.90 Å². The van der Waals surface area contributed by atoms with E-state index in [1.807, 2.05) is 19.1 Å². The van der Waals surface area contributed by atoms with Crippen molar-refractivity contribution in [3.05, 3.63) is 107 Å². The van der Waals surface area contributed by atoms with Gasteiger partial charge in [-0.05, 0) is 24.6 Å². The number of nitrogens with zero attached hydrogens (tertiary/aromatic N) is 1. The number of aryl methyl sites for hydroxylation is 1. The molecule has 0 bridgehead atoms. The third-order valence-corrected chi connectivity index (χ3v) is 5.07. The number of rotatable bonds is 3. The number of carbonyl (C=O) groups excluding carboxylic acids is 2. The molecule has 1 aliphatic heterocycles. The Labute approximate surface area is 167 Å². The molecular formula is C24H18FNO3. The minimum Gasteiger partial charge on any atom is -0.507 e. The molecule has 0 radical (unpaired) electrons. The van der Waals surface area contributed by atoms with Crippen LogP contribution in [0.5, 0.6) is 0 Å². The number of halogens is 1. The van der Waals surface area contributed by atoms with Crippen LogP contribution in [0.3, 0.4) is 0 Å². The van der Waals surface area contributed by atoms with E-state index in [0.29, 0.717) is 11.3 Å². The monoisotopic (exact) mass is 387 g/mol. The van der Waals surface area contributed by atoms with Crippen LogP contribution in [0.25, 0.3) is 5.76 Å². The third-order valence-electron chi connectivity index (χ3n) is 5.07. The van der Waals surface area contributed by atoms with E-state index in [4.69, 9.17) is 0 Å². The first-order valence-electron chi connectivity index (χ1n) is 9.17. The third kappa shape index (κ3) is 3.10. The SMILES string of the molecule is Cc1ccccc1N1C(=O)C(=O)C(=C(O)c2ccccc2)[C@H]1c1ccccc1F. The summed E-state index contributed by atoms with van der Waals surface area (Å²) in [7, 11) is 0. The molecule has 0 aliphatic carbocycles. The summed E-state index contributed by atoms with van der Waals surface area (Å²) in [6.07, 6.45) is 0. The first-order chi connectivity index (χ1) is 14.0. The number of para-hydroxylation sites is 1. The van der Waals surface area contributed by atoms with Crippen LogP contribution < -0.4 is 4.90 Å². The first kappa shape index (κ1) is 18.6. The second kappa shape index (κ2) is 7.36. The highest BCUT2D eigenvalue weighted by atomic mass is 19.1. The zero-order chi connectivity index (χ0) is 20.5. The molecule has 1 heterocycles. The number of carbonyl (C=O) groups is 2. The van der Waals surface area contributed by atoms with Gasteiger partial charge in [0.2, 0.25) is 0 Å². The fourth-order valence-electron chi connectivity index (χ4n) is 3.66. The predicted octanol–water partition coefficient (Wildman–Crippen LogP) is 4.76. The molecular weight excluding hydrogens is 369 g/mol. The van der Waals surface area contributed by atoms with Crippen molar-refractivity contribution in [3.63, 3.8) is 0 Å². The average molecular weight is 387 g/mol. The Morgan fingerprint density at radius 1 is 0.897 bits per heavy atom. The topological polar surface area (TPSA) is 57.6 Å².